The number of fused-ring (bicyclic) bond motifs is 1. The molecule has 1 aromatic heterocycles. The topological polar surface area (TPSA) is 222 Å². The molecule has 0 radical (unpaired) electrons. The number of carboxylic acids is 1. The van der Waals surface area contributed by atoms with Crippen LogP contribution in [0.1, 0.15) is 37.8 Å². The van der Waals surface area contributed by atoms with Gasteiger partial charge in [0.2, 0.25) is 10.7 Å². The van der Waals surface area contributed by atoms with Crippen LogP contribution in [0.2, 0.25) is 5.02 Å². The van der Waals surface area contributed by atoms with Crippen LogP contribution >= 0.6 is 77.1 Å². The van der Waals surface area contributed by atoms with Crippen molar-refractivity contribution >= 4 is 112 Å². The smallest absolute Gasteiger partial charge is 0.339 e. The van der Waals surface area contributed by atoms with E-state index in [-0.39, 0.29) is 45.1 Å². The fourth-order valence-electron chi connectivity index (χ4n) is 5.76. The number of alkyl halides is 3. The van der Waals surface area contributed by atoms with Crippen molar-refractivity contribution in [2.45, 2.75) is 68.9 Å². The maximum atomic E-state index is 14.3. The molecule has 2 amide bonds. The van der Waals surface area contributed by atoms with Crippen molar-refractivity contribution < 1.29 is 52.5 Å². The minimum absolute atomic E-state index is 0.0223. The molecule has 1 aliphatic heterocycles. The number of carbonyl (C=O) groups excluding carboxylic acids is 3. The Balaban J connectivity index is 0.000000471. The Morgan fingerprint density at radius 3 is 2.24 bits per heavy atom. The maximum absolute atomic E-state index is 14.3. The van der Waals surface area contributed by atoms with E-state index >= 15 is 0 Å². The maximum Gasteiger partial charge on any atom is 0.339 e. The fraction of sp³-hybridized carbons (Fsp3) is 0.463. The number of para-hydroxylation sites is 1. The molecule has 0 spiro atoms. The molecule has 3 aromatic rings. The second-order valence-electron chi connectivity index (χ2n) is 13.7. The SMILES string of the molecule is C=CCN(CC=C)C(=O)C(Cl)Cl.CCc1cccc(C)c1N(C(=O)CCl)C(C)COC.COC(=O)CSc1cc(/N=c2\sc(=O)n3n2CCCC3)c(F)cc1Cl.O=C(O)CNCP(=O)(O)O. The van der Waals surface area contributed by atoms with Crippen molar-refractivity contribution in [2.24, 2.45) is 4.99 Å². The van der Waals surface area contributed by atoms with E-state index in [1.165, 1.54) is 18.1 Å². The van der Waals surface area contributed by atoms with E-state index in [4.69, 9.17) is 66.0 Å². The molecular weight excluding hydrogens is 1010 g/mol. The number of aliphatic carboxylic acids is 1. The van der Waals surface area contributed by atoms with Crippen LogP contribution in [0.5, 0.6) is 0 Å². The molecule has 368 valence electrons. The predicted molar refractivity (Wildman–Crippen MR) is 260 cm³/mol. The third kappa shape index (κ3) is 21.2. The van der Waals surface area contributed by atoms with Crippen LogP contribution in [0, 0.1) is 12.7 Å². The summed E-state index contributed by atoms with van der Waals surface area (Å²) in [6, 6.07) is 8.69. The lowest BCUT2D eigenvalue weighted by Crippen LogP contribution is -2.43. The lowest BCUT2D eigenvalue weighted by atomic mass is 10.0. The van der Waals surface area contributed by atoms with Gasteiger partial charge in [0.25, 0.3) is 5.91 Å². The van der Waals surface area contributed by atoms with Crippen molar-refractivity contribution in [3.05, 3.63) is 92.1 Å². The fourth-order valence-corrected chi connectivity index (χ4v) is 8.56. The molecule has 2 aromatic carbocycles. The Bertz CT molecular complexity index is 2270. The summed E-state index contributed by atoms with van der Waals surface area (Å²) in [7, 11) is -1.16. The number of carboxylic acid groups (broad SMARTS) is 1. The zero-order chi connectivity index (χ0) is 50.1. The van der Waals surface area contributed by atoms with Gasteiger partial charge in [0.05, 0.1) is 49.1 Å². The van der Waals surface area contributed by atoms with Gasteiger partial charge in [-0.05, 0) is 67.7 Å². The van der Waals surface area contributed by atoms with Gasteiger partial charge in [-0.15, -0.1) is 36.5 Å². The molecular formula is C41H56Cl4FN6O11PS2. The standard InChI is InChI=1S/C15H15ClFN3O3S2.C15H22ClNO2.C8H11Cl2NO.C3H8NO5P/c1-23-13(21)8-24-12-7-11(10(17)6-9(12)16)18-14-19-4-2-3-5-20(19)15(22)25-14;1-5-13-8-6-7-11(2)15(13)17(14(18)9-16)12(3)10-19-4;1-3-5-11(6-4-2)8(12)7(9)10;5-3(6)1-4-2-10(7,8)9/h6-7H,2-5,8H2,1H3;6-8,12H,5,9-10H2,1-4H3;3-4,7H,1-2,5-6H2;4H,1-2H2,(H,5,6)(H2,7,8,9)/b18-14-;;;. The van der Waals surface area contributed by atoms with Crippen LogP contribution in [0.3, 0.4) is 0 Å². The van der Waals surface area contributed by atoms with E-state index in [0.29, 0.717) is 42.5 Å². The van der Waals surface area contributed by atoms with Gasteiger partial charge in [0, 0.05) is 38.2 Å². The normalized spacial score (nSPS) is 12.5. The summed E-state index contributed by atoms with van der Waals surface area (Å²) in [5, 5.41) is 10.3. The van der Waals surface area contributed by atoms with Gasteiger partial charge in [0.15, 0.2) is 4.84 Å². The third-order valence-electron chi connectivity index (χ3n) is 8.65. The van der Waals surface area contributed by atoms with Crippen LogP contribution < -0.4 is 19.9 Å². The van der Waals surface area contributed by atoms with Gasteiger partial charge in [-0.1, -0.05) is 72.1 Å². The minimum atomic E-state index is -4.10. The molecule has 4 rings (SSSR count). The highest BCUT2D eigenvalue weighted by Crippen LogP contribution is 2.34. The molecule has 0 saturated heterocycles. The Morgan fingerprint density at radius 1 is 1.11 bits per heavy atom. The molecule has 0 bridgehead atoms. The van der Waals surface area contributed by atoms with Crippen molar-refractivity contribution in [3.63, 3.8) is 0 Å². The van der Waals surface area contributed by atoms with E-state index in [2.05, 4.69) is 41.2 Å². The van der Waals surface area contributed by atoms with E-state index in [9.17, 15) is 32.9 Å². The molecule has 0 aliphatic carbocycles. The lowest BCUT2D eigenvalue weighted by molar-refractivity contribution is -0.137. The number of benzene rings is 2. The molecule has 25 heteroatoms. The summed E-state index contributed by atoms with van der Waals surface area (Å²) in [6.07, 6.45) is 5.39. The number of amides is 2. The first-order valence-electron chi connectivity index (χ1n) is 19.9. The first-order chi connectivity index (χ1) is 31.1. The minimum Gasteiger partial charge on any atom is -0.480 e. The first kappa shape index (κ1) is 60.5. The lowest BCUT2D eigenvalue weighted by Gasteiger charge is -2.31. The molecule has 66 heavy (non-hydrogen) atoms. The van der Waals surface area contributed by atoms with E-state index in [1.54, 1.807) is 33.5 Å². The quantitative estimate of drug-likeness (QED) is 0.0321. The highest BCUT2D eigenvalue weighted by molar-refractivity contribution is 8.00. The van der Waals surface area contributed by atoms with Gasteiger partial charge < -0.3 is 34.2 Å². The van der Waals surface area contributed by atoms with Crippen molar-refractivity contribution in [1.82, 2.24) is 19.6 Å². The van der Waals surface area contributed by atoms with Crippen molar-refractivity contribution in [2.75, 3.05) is 63.3 Å². The van der Waals surface area contributed by atoms with Crippen molar-refractivity contribution in [3.8, 4) is 0 Å². The molecule has 4 N–H and O–H groups in total. The van der Waals surface area contributed by atoms with Crippen LogP contribution in [-0.4, -0.2) is 122 Å². The van der Waals surface area contributed by atoms with Crippen LogP contribution in [0.25, 0.3) is 0 Å². The van der Waals surface area contributed by atoms with Gasteiger partial charge in [0.1, 0.15) is 17.4 Å². The summed E-state index contributed by atoms with van der Waals surface area (Å²) >= 11 is 24.7. The van der Waals surface area contributed by atoms with E-state index in [0.717, 1.165) is 65.2 Å². The van der Waals surface area contributed by atoms with Gasteiger partial charge >= 0.3 is 24.4 Å². The number of esters is 1. The summed E-state index contributed by atoms with van der Waals surface area (Å²) in [5.41, 5.74) is 3.29. The highest BCUT2D eigenvalue weighted by atomic mass is 35.5. The number of nitrogens with one attached hydrogen (secondary N) is 1. The Hall–Kier alpha value is -3.53. The van der Waals surface area contributed by atoms with Gasteiger partial charge in [-0.2, -0.15) is 0 Å². The average molecular weight is 1060 g/mol. The summed E-state index contributed by atoms with van der Waals surface area (Å²) in [5.74, 6) is -2.50. The number of hydrogen-bond donors (Lipinski definition) is 4. The number of methoxy groups -OCH3 is 2. The van der Waals surface area contributed by atoms with Gasteiger partial charge in [-0.3, -0.25) is 38.5 Å². The molecule has 1 unspecified atom stereocenters. The number of carbonyl (C=O) groups is 4. The Labute approximate surface area is 411 Å². The number of nitrogens with zero attached hydrogens (tertiary/aromatic N) is 5. The second kappa shape index (κ2) is 31.5. The van der Waals surface area contributed by atoms with E-state index < -0.39 is 43.0 Å². The number of anilines is 1. The summed E-state index contributed by atoms with van der Waals surface area (Å²) in [4.78, 5) is 80.2. The second-order valence-corrected chi connectivity index (χ2v) is 19.1. The molecule has 2 heterocycles. The van der Waals surface area contributed by atoms with E-state index in [1.807, 2.05) is 26.0 Å². The number of aromatic nitrogens is 2. The number of rotatable bonds is 19. The van der Waals surface area contributed by atoms with Gasteiger partial charge in [-0.25, -0.2) is 14.1 Å². The largest absolute Gasteiger partial charge is 0.480 e. The number of hydrogen-bond acceptors (Lipinski definition) is 12. The predicted octanol–water partition coefficient (Wildman–Crippen LogP) is 6.75. The first-order valence-corrected chi connectivity index (χ1v) is 25.2. The molecule has 17 nitrogen and oxygen atoms in total. The van der Waals surface area contributed by atoms with Crippen LogP contribution in [-0.2, 0) is 52.7 Å². The molecule has 0 fully saturated rings. The Kier molecular flexibility index (Phi) is 28.9. The highest BCUT2D eigenvalue weighted by Gasteiger charge is 2.25. The number of halogens is 5. The molecule has 0 saturated carbocycles. The molecule has 1 aliphatic rings. The average Bonchev–Trinajstić information content (AvgIpc) is 3.58. The summed E-state index contributed by atoms with van der Waals surface area (Å²) in [6.45, 7) is 15.3. The van der Waals surface area contributed by atoms with Crippen LogP contribution in [0.4, 0.5) is 15.8 Å². The zero-order valence-electron chi connectivity index (χ0n) is 37.1. The number of thioether (sulfide) groups is 1. The number of aryl methyl sites for hydroxylation is 2. The Morgan fingerprint density at radius 2 is 1.73 bits per heavy atom. The van der Waals surface area contributed by atoms with Crippen LogP contribution in [0.15, 0.2) is 70.3 Å². The monoisotopic (exact) mass is 1060 g/mol. The third-order valence-corrected chi connectivity index (χ3v) is 12.2. The molecule has 1 atom stereocenters. The zero-order valence-corrected chi connectivity index (χ0v) is 42.6. The summed E-state index contributed by atoms with van der Waals surface area (Å²) < 4.78 is 37.5. The van der Waals surface area contributed by atoms with Crippen molar-refractivity contribution in [1.29, 1.82) is 0 Å². The number of ether oxygens (including phenoxy) is 2.